The second kappa shape index (κ2) is 2.88. The molecule has 0 spiro atoms. The highest BCUT2D eigenvalue weighted by molar-refractivity contribution is 5.95. The van der Waals surface area contributed by atoms with Crippen LogP contribution in [0.1, 0.15) is 6.92 Å². The smallest absolute Gasteiger partial charge is 0.251 e. The first-order chi connectivity index (χ1) is 5.16. The van der Waals surface area contributed by atoms with Crippen LogP contribution >= 0.6 is 0 Å². The molecule has 3 heteroatoms. The van der Waals surface area contributed by atoms with Crippen LogP contribution in [0, 0.1) is 0 Å². The van der Waals surface area contributed by atoms with E-state index < -0.39 is 6.23 Å². The van der Waals surface area contributed by atoms with Crippen LogP contribution in [0.25, 0.3) is 0 Å². The molecule has 0 bridgehead atoms. The van der Waals surface area contributed by atoms with Gasteiger partial charge in [0.25, 0.3) is 5.91 Å². The van der Waals surface area contributed by atoms with E-state index in [0.29, 0.717) is 12.1 Å². The van der Waals surface area contributed by atoms with Crippen LogP contribution in [-0.4, -0.2) is 28.7 Å². The summed E-state index contributed by atoms with van der Waals surface area (Å²) < 4.78 is 0. The summed E-state index contributed by atoms with van der Waals surface area (Å²) in [5.41, 5.74) is 0.597. The van der Waals surface area contributed by atoms with Crippen molar-refractivity contribution in [1.82, 2.24) is 4.90 Å². The van der Waals surface area contributed by atoms with Gasteiger partial charge in [-0.1, -0.05) is 6.08 Å². The average molecular weight is 153 g/mol. The van der Waals surface area contributed by atoms with Gasteiger partial charge in [0.05, 0.1) is 0 Å². The lowest BCUT2D eigenvalue weighted by Crippen LogP contribution is -2.34. The van der Waals surface area contributed by atoms with Gasteiger partial charge in [-0.15, -0.1) is 6.58 Å². The summed E-state index contributed by atoms with van der Waals surface area (Å²) in [5.74, 6) is -0.114. The molecule has 1 amide bonds. The predicted octanol–water partition coefficient (Wildman–Crippen LogP) is 0.279. The number of carbonyl (C=O) groups is 1. The molecule has 11 heavy (non-hydrogen) atoms. The number of amides is 1. The predicted molar refractivity (Wildman–Crippen MR) is 41.7 cm³/mol. The van der Waals surface area contributed by atoms with Gasteiger partial charge in [-0.3, -0.25) is 4.79 Å². The van der Waals surface area contributed by atoms with Crippen LogP contribution in [0.4, 0.5) is 0 Å². The normalized spacial score (nSPS) is 23.8. The molecule has 1 aliphatic heterocycles. The van der Waals surface area contributed by atoms with Crippen molar-refractivity contribution >= 4 is 5.91 Å². The molecular formula is C8H11NO2. The monoisotopic (exact) mass is 153 g/mol. The molecule has 0 aromatic rings. The number of rotatable bonds is 2. The highest BCUT2D eigenvalue weighted by atomic mass is 16.3. The molecular weight excluding hydrogens is 142 g/mol. The second-order valence-corrected chi connectivity index (χ2v) is 2.51. The van der Waals surface area contributed by atoms with Crippen LogP contribution in [0.15, 0.2) is 24.3 Å². The van der Waals surface area contributed by atoms with Crippen molar-refractivity contribution in [1.29, 1.82) is 0 Å². The van der Waals surface area contributed by atoms with Crippen molar-refractivity contribution in [3.63, 3.8) is 0 Å². The summed E-state index contributed by atoms with van der Waals surface area (Å²) >= 11 is 0. The Kier molecular flexibility index (Phi) is 2.10. The van der Waals surface area contributed by atoms with E-state index in [4.69, 9.17) is 0 Å². The Morgan fingerprint density at radius 3 is 2.91 bits per heavy atom. The third kappa shape index (κ3) is 1.33. The van der Waals surface area contributed by atoms with Gasteiger partial charge in [0.15, 0.2) is 0 Å². The standard InChI is InChI=1S/C8H11NO2/c1-3-4-9-7(10)5-6(2)8(9)11/h3,5,7,10H,1,4H2,2H3/t7-/m1/s1. The van der Waals surface area contributed by atoms with Gasteiger partial charge in [0.1, 0.15) is 6.23 Å². The SMILES string of the molecule is C=CCN1C(=O)C(C)=C[C@H]1O. The number of aliphatic hydroxyl groups excluding tert-OH is 1. The summed E-state index contributed by atoms with van der Waals surface area (Å²) in [6.07, 6.45) is 2.36. The van der Waals surface area contributed by atoms with Gasteiger partial charge < -0.3 is 10.0 Å². The van der Waals surface area contributed by atoms with Crippen LogP contribution in [0.5, 0.6) is 0 Å². The molecule has 1 rings (SSSR count). The van der Waals surface area contributed by atoms with Crippen molar-refractivity contribution < 1.29 is 9.90 Å². The van der Waals surface area contributed by atoms with E-state index in [1.54, 1.807) is 13.0 Å². The van der Waals surface area contributed by atoms with Crippen molar-refractivity contribution in [2.45, 2.75) is 13.2 Å². The van der Waals surface area contributed by atoms with Gasteiger partial charge >= 0.3 is 0 Å². The Labute approximate surface area is 65.6 Å². The Hall–Kier alpha value is -1.09. The maximum atomic E-state index is 11.2. The number of hydrogen-bond donors (Lipinski definition) is 1. The first kappa shape index (κ1) is 8.01. The van der Waals surface area contributed by atoms with E-state index in [2.05, 4.69) is 6.58 Å². The molecule has 0 fully saturated rings. The largest absolute Gasteiger partial charge is 0.370 e. The first-order valence-corrected chi connectivity index (χ1v) is 3.45. The molecule has 0 saturated heterocycles. The quantitative estimate of drug-likeness (QED) is 0.579. The van der Waals surface area contributed by atoms with Crippen molar-refractivity contribution in [2.24, 2.45) is 0 Å². The molecule has 3 nitrogen and oxygen atoms in total. The van der Waals surface area contributed by atoms with E-state index in [1.165, 1.54) is 11.0 Å². The van der Waals surface area contributed by atoms with Crippen LogP contribution in [0.2, 0.25) is 0 Å². The lowest BCUT2D eigenvalue weighted by Gasteiger charge is -2.17. The average Bonchev–Trinajstić information content (AvgIpc) is 2.17. The van der Waals surface area contributed by atoms with E-state index in [9.17, 15) is 9.90 Å². The van der Waals surface area contributed by atoms with Crippen molar-refractivity contribution in [3.05, 3.63) is 24.3 Å². The summed E-state index contributed by atoms with van der Waals surface area (Å²) in [6, 6.07) is 0. The molecule has 0 aromatic carbocycles. The fourth-order valence-electron chi connectivity index (χ4n) is 1.06. The number of aliphatic hydroxyl groups is 1. The fraction of sp³-hybridized carbons (Fsp3) is 0.375. The van der Waals surface area contributed by atoms with E-state index in [0.717, 1.165) is 0 Å². The van der Waals surface area contributed by atoms with Gasteiger partial charge in [0.2, 0.25) is 0 Å². The molecule has 60 valence electrons. The second-order valence-electron chi connectivity index (χ2n) is 2.51. The molecule has 1 heterocycles. The first-order valence-electron chi connectivity index (χ1n) is 3.45. The van der Waals surface area contributed by atoms with Gasteiger partial charge in [0, 0.05) is 12.1 Å². The van der Waals surface area contributed by atoms with Crippen LogP contribution in [0.3, 0.4) is 0 Å². The highest BCUT2D eigenvalue weighted by Crippen LogP contribution is 2.14. The lowest BCUT2D eigenvalue weighted by molar-refractivity contribution is -0.130. The van der Waals surface area contributed by atoms with Crippen LogP contribution in [-0.2, 0) is 4.79 Å². The zero-order valence-corrected chi connectivity index (χ0v) is 6.45. The van der Waals surface area contributed by atoms with Gasteiger partial charge in [-0.05, 0) is 13.0 Å². The summed E-state index contributed by atoms with van der Waals surface area (Å²) in [4.78, 5) is 12.5. The molecule has 1 atom stereocenters. The van der Waals surface area contributed by atoms with Crippen LogP contribution < -0.4 is 0 Å². The number of nitrogens with zero attached hydrogens (tertiary/aromatic N) is 1. The minimum absolute atomic E-state index is 0.114. The number of carbonyl (C=O) groups excluding carboxylic acids is 1. The minimum atomic E-state index is -0.763. The Morgan fingerprint density at radius 2 is 2.55 bits per heavy atom. The summed E-state index contributed by atoms with van der Waals surface area (Å²) in [6.45, 7) is 5.58. The molecule has 0 aliphatic carbocycles. The maximum Gasteiger partial charge on any atom is 0.251 e. The molecule has 0 saturated carbocycles. The van der Waals surface area contributed by atoms with Crippen molar-refractivity contribution in [2.75, 3.05) is 6.54 Å². The number of hydrogen-bond acceptors (Lipinski definition) is 2. The third-order valence-electron chi connectivity index (χ3n) is 1.64. The topological polar surface area (TPSA) is 40.5 Å². The Balaban J connectivity index is 2.72. The van der Waals surface area contributed by atoms with Gasteiger partial charge in [-0.25, -0.2) is 0 Å². The Bertz CT molecular complexity index is 220. The molecule has 0 unspecified atom stereocenters. The highest BCUT2D eigenvalue weighted by Gasteiger charge is 2.26. The third-order valence-corrected chi connectivity index (χ3v) is 1.64. The summed E-state index contributed by atoms with van der Waals surface area (Å²) in [7, 11) is 0. The molecule has 0 aromatic heterocycles. The van der Waals surface area contributed by atoms with E-state index in [1.807, 2.05) is 0 Å². The maximum absolute atomic E-state index is 11.2. The zero-order chi connectivity index (χ0) is 8.43. The zero-order valence-electron chi connectivity index (χ0n) is 6.45. The van der Waals surface area contributed by atoms with Crippen molar-refractivity contribution in [3.8, 4) is 0 Å². The minimum Gasteiger partial charge on any atom is -0.370 e. The van der Waals surface area contributed by atoms with E-state index >= 15 is 0 Å². The fourth-order valence-corrected chi connectivity index (χ4v) is 1.06. The molecule has 1 aliphatic rings. The molecule has 0 radical (unpaired) electrons. The van der Waals surface area contributed by atoms with E-state index in [-0.39, 0.29) is 5.91 Å². The summed E-state index contributed by atoms with van der Waals surface area (Å²) in [5, 5.41) is 9.24. The molecule has 1 N–H and O–H groups in total. The lowest BCUT2D eigenvalue weighted by atomic mass is 10.3. The Morgan fingerprint density at radius 1 is 1.91 bits per heavy atom. The van der Waals surface area contributed by atoms with Gasteiger partial charge in [-0.2, -0.15) is 0 Å².